The fourth-order valence-electron chi connectivity index (χ4n) is 2.84. The molecular weight excluding hydrogens is 290 g/mol. The number of carbonyl (C=O) groups excluding carboxylic acids is 1. The third kappa shape index (κ3) is 3.56. The summed E-state index contributed by atoms with van der Waals surface area (Å²) in [4.78, 5) is 12.1. The van der Waals surface area contributed by atoms with Crippen molar-refractivity contribution in [2.24, 2.45) is 0 Å². The molecule has 1 aliphatic rings. The number of benzene rings is 2. The third-order valence-electron chi connectivity index (χ3n) is 3.99. The number of para-hydroxylation sites is 2. The summed E-state index contributed by atoms with van der Waals surface area (Å²) in [5.41, 5.74) is 4.30. The van der Waals surface area contributed by atoms with Crippen LogP contribution >= 0.6 is 0 Å². The van der Waals surface area contributed by atoms with E-state index >= 15 is 0 Å². The first-order valence-electron chi connectivity index (χ1n) is 7.80. The Morgan fingerprint density at radius 1 is 1.22 bits per heavy atom. The Balaban J connectivity index is 1.63. The van der Waals surface area contributed by atoms with E-state index in [-0.39, 0.29) is 6.03 Å². The maximum Gasteiger partial charge on any atom is 0.319 e. The molecule has 0 bridgehead atoms. The Kier molecular flexibility index (Phi) is 4.66. The molecule has 2 amide bonds. The van der Waals surface area contributed by atoms with Crippen LogP contribution in [0.1, 0.15) is 17.5 Å². The van der Waals surface area contributed by atoms with Crippen LogP contribution < -0.4 is 20.7 Å². The van der Waals surface area contributed by atoms with Gasteiger partial charge in [-0.15, -0.1) is 0 Å². The lowest BCUT2D eigenvalue weighted by molar-refractivity contribution is 0.251. The van der Waals surface area contributed by atoms with E-state index in [1.54, 1.807) is 7.11 Å². The van der Waals surface area contributed by atoms with Gasteiger partial charge in [0, 0.05) is 18.8 Å². The summed E-state index contributed by atoms with van der Waals surface area (Å²) in [7, 11) is 1.58. The van der Waals surface area contributed by atoms with Crippen molar-refractivity contribution in [3.8, 4) is 5.75 Å². The Hall–Kier alpha value is -2.69. The van der Waals surface area contributed by atoms with E-state index in [0.29, 0.717) is 18.0 Å². The maximum absolute atomic E-state index is 12.1. The number of amides is 2. The van der Waals surface area contributed by atoms with Crippen LogP contribution in [0.2, 0.25) is 0 Å². The molecule has 2 aromatic rings. The lowest BCUT2D eigenvalue weighted by Crippen LogP contribution is -2.29. The summed E-state index contributed by atoms with van der Waals surface area (Å²) in [6.45, 7) is 1.52. The number of nitrogens with one attached hydrogen (secondary N) is 3. The van der Waals surface area contributed by atoms with E-state index in [1.807, 2.05) is 30.3 Å². The molecule has 5 nitrogen and oxygen atoms in total. The Morgan fingerprint density at radius 2 is 2.09 bits per heavy atom. The molecule has 2 aromatic carbocycles. The van der Waals surface area contributed by atoms with Crippen LogP contribution in [-0.4, -0.2) is 19.7 Å². The molecule has 0 spiro atoms. The van der Waals surface area contributed by atoms with Crippen molar-refractivity contribution >= 4 is 17.4 Å². The molecule has 0 radical (unpaired) electrons. The van der Waals surface area contributed by atoms with E-state index in [2.05, 4.69) is 28.1 Å². The van der Waals surface area contributed by atoms with Crippen LogP contribution in [0.3, 0.4) is 0 Å². The lowest BCUT2D eigenvalue weighted by Gasteiger charge is -2.21. The monoisotopic (exact) mass is 311 g/mol. The van der Waals surface area contributed by atoms with Gasteiger partial charge in [-0.3, -0.25) is 0 Å². The van der Waals surface area contributed by atoms with Crippen molar-refractivity contribution in [2.75, 3.05) is 24.3 Å². The molecule has 0 aromatic heterocycles. The minimum atomic E-state index is -0.240. The van der Waals surface area contributed by atoms with Crippen molar-refractivity contribution < 1.29 is 9.53 Å². The van der Waals surface area contributed by atoms with E-state index in [9.17, 15) is 4.79 Å². The SMILES string of the molecule is COc1ccccc1NC(=O)NCc1cccc2c1CCCN2. The molecular formula is C18H21N3O2. The molecule has 0 atom stereocenters. The predicted octanol–water partition coefficient (Wildman–Crippen LogP) is 3.38. The number of ether oxygens (including phenoxy) is 1. The topological polar surface area (TPSA) is 62.4 Å². The Bertz CT molecular complexity index is 700. The first kappa shape index (κ1) is 15.2. The van der Waals surface area contributed by atoms with Gasteiger partial charge >= 0.3 is 6.03 Å². The zero-order chi connectivity index (χ0) is 16.1. The van der Waals surface area contributed by atoms with Crippen molar-refractivity contribution in [2.45, 2.75) is 19.4 Å². The van der Waals surface area contributed by atoms with Gasteiger partial charge < -0.3 is 20.7 Å². The molecule has 0 saturated heterocycles. The number of rotatable bonds is 4. The number of anilines is 2. The van der Waals surface area contributed by atoms with Gasteiger partial charge in [0.15, 0.2) is 0 Å². The van der Waals surface area contributed by atoms with E-state index in [4.69, 9.17) is 4.74 Å². The number of hydrogen-bond acceptors (Lipinski definition) is 3. The number of hydrogen-bond donors (Lipinski definition) is 3. The van der Waals surface area contributed by atoms with Gasteiger partial charge in [-0.2, -0.15) is 0 Å². The van der Waals surface area contributed by atoms with Crippen molar-refractivity contribution in [3.63, 3.8) is 0 Å². The van der Waals surface area contributed by atoms with Gasteiger partial charge in [0.05, 0.1) is 12.8 Å². The third-order valence-corrected chi connectivity index (χ3v) is 3.99. The van der Waals surface area contributed by atoms with Gasteiger partial charge in [-0.25, -0.2) is 4.79 Å². The van der Waals surface area contributed by atoms with Crippen molar-refractivity contribution in [3.05, 3.63) is 53.6 Å². The average molecular weight is 311 g/mol. The molecule has 3 N–H and O–H groups in total. The smallest absolute Gasteiger partial charge is 0.319 e. The molecule has 5 heteroatoms. The highest BCUT2D eigenvalue weighted by Gasteiger charge is 2.13. The van der Waals surface area contributed by atoms with Gasteiger partial charge in [-0.05, 0) is 42.2 Å². The summed E-state index contributed by atoms with van der Waals surface area (Å²) in [5, 5.41) is 9.14. The first-order chi connectivity index (χ1) is 11.3. The fourth-order valence-corrected chi connectivity index (χ4v) is 2.84. The Morgan fingerprint density at radius 3 is 2.96 bits per heavy atom. The van der Waals surface area contributed by atoms with E-state index in [1.165, 1.54) is 11.3 Å². The molecule has 1 heterocycles. The highest BCUT2D eigenvalue weighted by molar-refractivity contribution is 5.90. The highest BCUT2D eigenvalue weighted by atomic mass is 16.5. The van der Waals surface area contributed by atoms with Crippen LogP contribution in [0.25, 0.3) is 0 Å². The number of methoxy groups -OCH3 is 1. The zero-order valence-corrected chi connectivity index (χ0v) is 13.2. The summed E-state index contributed by atoms with van der Waals surface area (Å²) >= 11 is 0. The molecule has 0 saturated carbocycles. The van der Waals surface area contributed by atoms with Gasteiger partial charge in [0.1, 0.15) is 5.75 Å². The van der Waals surface area contributed by atoms with Gasteiger partial charge in [0.2, 0.25) is 0 Å². The molecule has 1 aliphatic heterocycles. The highest BCUT2D eigenvalue weighted by Crippen LogP contribution is 2.25. The molecule has 23 heavy (non-hydrogen) atoms. The quantitative estimate of drug-likeness (QED) is 0.811. The molecule has 0 fully saturated rings. The van der Waals surface area contributed by atoms with Gasteiger partial charge in [0.25, 0.3) is 0 Å². The molecule has 3 rings (SSSR count). The number of fused-ring (bicyclic) bond motifs is 1. The van der Waals surface area contributed by atoms with E-state index in [0.717, 1.165) is 24.9 Å². The predicted molar refractivity (Wildman–Crippen MR) is 92.1 cm³/mol. The number of carbonyl (C=O) groups is 1. The molecule has 120 valence electrons. The van der Waals surface area contributed by atoms with Crippen LogP contribution in [-0.2, 0) is 13.0 Å². The summed E-state index contributed by atoms with van der Waals surface area (Å²) < 4.78 is 5.23. The Labute approximate surface area is 136 Å². The summed E-state index contributed by atoms with van der Waals surface area (Å²) in [5.74, 6) is 0.643. The van der Waals surface area contributed by atoms with Crippen LogP contribution in [0, 0.1) is 0 Å². The average Bonchev–Trinajstić information content (AvgIpc) is 2.60. The van der Waals surface area contributed by atoms with E-state index < -0.39 is 0 Å². The molecule has 0 aliphatic carbocycles. The molecule has 0 unspecified atom stereocenters. The normalized spacial score (nSPS) is 12.7. The number of urea groups is 1. The fraction of sp³-hybridized carbons (Fsp3) is 0.278. The second-order valence-corrected chi connectivity index (χ2v) is 5.48. The summed E-state index contributed by atoms with van der Waals surface area (Å²) in [6.07, 6.45) is 2.17. The minimum Gasteiger partial charge on any atom is -0.495 e. The lowest BCUT2D eigenvalue weighted by atomic mass is 9.97. The maximum atomic E-state index is 12.1. The zero-order valence-electron chi connectivity index (χ0n) is 13.2. The van der Waals surface area contributed by atoms with Crippen LogP contribution in [0.15, 0.2) is 42.5 Å². The van der Waals surface area contributed by atoms with Crippen molar-refractivity contribution in [1.82, 2.24) is 5.32 Å². The van der Waals surface area contributed by atoms with Crippen LogP contribution in [0.5, 0.6) is 5.75 Å². The van der Waals surface area contributed by atoms with Crippen molar-refractivity contribution in [1.29, 1.82) is 0 Å². The second kappa shape index (κ2) is 7.05. The van der Waals surface area contributed by atoms with Gasteiger partial charge in [-0.1, -0.05) is 24.3 Å². The second-order valence-electron chi connectivity index (χ2n) is 5.48. The van der Waals surface area contributed by atoms with Crippen LogP contribution in [0.4, 0.5) is 16.2 Å². The minimum absolute atomic E-state index is 0.240. The first-order valence-corrected chi connectivity index (χ1v) is 7.80. The summed E-state index contributed by atoms with van der Waals surface area (Å²) in [6, 6.07) is 13.3. The standard InChI is InChI=1S/C18H21N3O2/c1-23-17-10-3-2-8-16(17)21-18(22)20-12-13-6-4-9-15-14(13)7-5-11-19-15/h2-4,6,8-10,19H,5,7,11-12H2,1H3,(H2,20,21,22). The largest absolute Gasteiger partial charge is 0.495 e.